The smallest absolute Gasteiger partial charge is 0.199 e. The number of aliphatic hydroxyl groups is 1. The normalized spacial score (nSPS) is 24.3. The first-order valence-corrected chi connectivity index (χ1v) is 6.28. The number of nitrogens with one attached hydrogen (secondary N) is 1. The molecule has 0 bridgehead atoms. The predicted octanol–water partition coefficient (Wildman–Crippen LogP) is 0.482. The van der Waals surface area contributed by atoms with Crippen molar-refractivity contribution in [3.05, 3.63) is 12.4 Å². The SMILES string of the molecule is OC1CCCCC1CNc1cncc2nnnn12. The van der Waals surface area contributed by atoms with Crippen molar-refractivity contribution in [3.63, 3.8) is 0 Å². The molecule has 96 valence electrons. The third kappa shape index (κ3) is 2.13. The monoisotopic (exact) mass is 248 g/mol. The zero-order chi connectivity index (χ0) is 12.4. The van der Waals surface area contributed by atoms with Crippen molar-refractivity contribution < 1.29 is 5.11 Å². The summed E-state index contributed by atoms with van der Waals surface area (Å²) in [7, 11) is 0. The molecule has 2 aromatic rings. The van der Waals surface area contributed by atoms with Gasteiger partial charge >= 0.3 is 0 Å². The Kier molecular flexibility index (Phi) is 3.06. The maximum Gasteiger partial charge on any atom is 0.199 e. The zero-order valence-corrected chi connectivity index (χ0v) is 10.0. The van der Waals surface area contributed by atoms with Gasteiger partial charge in [0.1, 0.15) is 5.82 Å². The Labute approximate surface area is 104 Å². The second kappa shape index (κ2) is 4.85. The van der Waals surface area contributed by atoms with Crippen LogP contribution < -0.4 is 5.32 Å². The van der Waals surface area contributed by atoms with E-state index in [4.69, 9.17) is 0 Å². The van der Waals surface area contributed by atoms with Crippen LogP contribution in [0.15, 0.2) is 12.4 Å². The molecule has 2 heterocycles. The number of hydrogen-bond donors (Lipinski definition) is 2. The van der Waals surface area contributed by atoms with Gasteiger partial charge in [-0.1, -0.05) is 12.8 Å². The molecule has 0 aromatic carbocycles. The Morgan fingerprint density at radius 3 is 3.11 bits per heavy atom. The van der Waals surface area contributed by atoms with Gasteiger partial charge in [0, 0.05) is 12.5 Å². The lowest BCUT2D eigenvalue weighted by atomic mass is 9.86. The first kappa shape index (κ1) is 11.3. The van der Waals surface area contributed by atoms with E-state index < -0.39 is 0 Å². The number of nitrogens with zero attached hydrogens (tertiary/aromatic N) is 5. The number of hydrogen-bond acceptors (Lipinski definition) is 6. The second-order valence-corrected chi connectivity index (χ2v) is 4.73. The summed E-state index contributed by atoms with van der Waals surface area (Å²) in [6.07, 6.45) is 7.39. The molecule has 2 unspecified atom stereocenters. The van der Waals surface area contributed by atoms with Gasteiger partial charge in [-0.15, -0.1) is 5.10 Å². The minimum Gasteiger partial charge on any atom is -0.393 e. The summed E-state index contributed by atoms with van der Waals surface area (Å²) in [5.74, 6) is 1.06. The van der Waals surface area contributed by atoms with Crippen LogP contribution in [-0.4, -0.2) is 42.8 Å². The molecule has 7 heteroatoms. The maximum absolute atomic E-state index is 9.92. The number of rotatable bonds is 3. The fourth-order valence-electron chi connectivity index (χ4n) is 2.46. The van der Waals surface area contributed by atoms with E-state index in [0.29, 0.717) is 11.6 Å². The third-order valence-corrected chi connectivity index (χ3v) is 3.52. The molecular weight excluding hydrogens is 232 g/mol. The zero-order valence-electron chi connectivity index (χ0n) is 10.0. The van der Waals surface area contributed by atoms with Gasteiger partial charge in [0.2, 0.25) is 0 Å². The molecule has 1 aliphatic carbocycles. The number of fused-ring (bicyclic) bond motifs is 1. The summed E-state index contributed by atoms with van der Waals surface area (Å²) in [5, 5.41) is 24.5. The topological polar surface area (TPSA) is 88.2 Å². The predicted molar refractivity (Wildman–Crippen MR) is 65.0 cm³/mol. The van der Waals surface area contributed by atoms with Gasteiger partial charge in [0.25, 0.3) is 0 Å². The van der Waals surface area contributed by atoms with Gasteiger partial charge < -0.3 is 10.4 Å². The van der Waals surface area contributed by atoms with Crippen LogP contribution in [0, 0.1) is 5.92 Å². The highest BCUT2D eigenvalue weighted by Gasteiger charge is 2.22. The Bertz CT molecular complexity index is 527. The summed E-state index contributed by atoms with van der Waals surface area (Å²) in [4.78, 5) is 4.08. The van der Waals surface area contributed by atoms with Crippen molar-refractivity contribution in [2.45, 2.75) is 31.8 Å². The molecule has 0 amide bonds. The van der Waals surface area contributed by atoms with Crippen molar-refractivity contribution in [1.29, 1.82) is 0 Å². The lowest BCUT2D eigenvalue weighted by molar-refractivity contribution is 0.0762. The summed E-state index contributed by atoms with van der Waals surface area (Å²) in [5.41, 5.74) is 0.615. The number of aliphatic hydroxyl groups excluding tert-OH is 1. The Balaban J connectivity index is 1.71. The number of aromatic nitrogens is 5. The Morgan fingerprint density at radius 1 is 1.33 bits per heavy atom. The molecule has 2 atom stereocenters. The van der Waals surface area contributed by atoms with E-state index in [1.54, 1.807) is 16.9 Å². The minimum absolute atomic E-state index is 0.202. The number of tetrazole rings is 1. The summed E-state index contributed by atoms with van der Waals surface area (Å²) >= 11 is 0. The molecule has 0 aliphatic heterocycles. The van der Waals surface area contributed by atoms with Crippen LogP contribution in [0.5, 0.6) is 0 Å². The van der Waals surface area contributed by atoms with E-state index in [-0.39, 0.29) is 6.10 Å². The van der Waals surface area contributed by atoms with E-state index >= 15 is 0 Å². The molecule has 1 aliphatic rings. The van der Waals surface area contributed by atoms with Gasteiger partial charge in [-0.2, -0.15) is 4.52 Å². The van der Waals surface area contributed by atoms with Crippen LogP contribution in [0.4, 0.5) is 5.82 Å². The van der Waals surface area contributed by atoms with Crippen molar-refractivity contribution in [2.75, 3.05) is 11.9 Å². The molecule has 0 saturated heterocycles. The largest absolute Gasteiger partial charge is 0.393 e. The van der Waals surface area contributed by atoms with Gasteiger partial charge in [-0.3, -0.25) is 4.98 Å². The van der Waals surface area contributed by atoms with E-state index in [0.717, 1.165) is 31.6 Å². The van der Waals surface area contributed by atoms with E-state index in [1.165, 1.54) is 6.42 Å². The maximum atomic E-state index is 9.92. The standard InChI is InChI=1S/C11H16N6O/c18-9-4-2-1-3-8(9)5-13-10-6-12-7-11-14-15-16-17(10)11/h6-9,13,18H,1-5H2. The Hall–Kier alpha value is -1.76. The van der Waals surface area contributed by atoms with E-state index in [1.807, 2.05) is 0 Å². The quantitative estimate of drug-likeness (QED) is 0.821. The molecule has 18 heavy (non-hydrogen) atoms. The second-order valence-electron chi connectivity index (χ2n) is 4.73. The molecule has 7 nitrogen and oxygen atoms in total. The molecule has 0 radical (unpaired) electrons. The lowest BCUT2D eigenvalue weighted by Crippen LogP contribution is -2.30. The van der Waals surface area contributed by atoms with E-state index in [2.05, 4.69) is 25.8 Å². The summed E-state index contributed by atoms with van der Waals surface area (Å²) < 4.78 is 1.61. The summed E-state index contributed by atoms with van der Waals surface area (Å²) in [6, 6.07) is 0. The molecular formula is C11H16N6O. The molecule has 0 spiro atoms. The molecule has 2 aromatic heterocycles. The van der Waals surface area contributed by atoms with Gasteiger partial charge in [0.05, 0.1) is 18.5 Å². The van der Waals surface area contributed by atoms with Crippen molar-refractivity contribution in [1.82, 2.24) is 25.0 Å². The van der Waals surface area contributed by atoms with Crippen LogP contribution in [0.2, 0.25) is 0 Å². The van der Waals surface area contributed by atoms with Gasteiger partial charge in [-0.25, -0.2) is 0 Å². The van der Waals surface area contributed by atoms with Crippen molar-refractivity contribution in [3.8, 4) is 0 Å². The summed E-state index contributed by atoms with van der Waals surface area (Å²) in [6.45, 7) is 0.724. The van der Waals surface area contributed by atoms with Crippen LogP contribution in [-0.2, 0) is 0 Å². The highest BCUT2D eigenvalue weighted by atomic mass is 16.3. The molecule has 1 fully saturated rings. The van der Waals surface area contributed by atoms with Crippen molar-refractivity contribution in [2.24, 2.45) is 5.92 Å². The van der Waals surface area contributed by atoms with Crippen LogP contribution in [0.3, 0.4) is 0 Å². The molecule has 3 rings (SSSR count). The van der Waals surface area contributed by atoms with Crippen LogP contribution >= 0.6 is 0 Å². The highest BCUT2D eigenvalue weighted by molar-refractivity contribution is 5.43. The fraction of sp³-hybridized carbons (Fsp3) is 0.636. The van der Waals surface area contributed by atoms with E-state index in [9.17, 15) is 5.11 Å². The minimum atomic E-state index is -0.202. The highest BCUT2D eigenvalue weighted by Crippen LogP contribution is 2.24. The Morgan fingerprint density at radius 2 is 2.22 bits per heavy atom. The molecule has 2 N–H and O–H groups in total. The fourth-order valence-corrected chi connectivity index (χ4v) is 2.46. The average Bonchev–Trinajstić information content (AvgIpc) is 2.86. The molecule has 1 saturated carbocycles. The van der Waals surface area contributed by atoms with Crippen LogP contribution in [0.25, 0.3) is 5.65 Å². The third-order valence-electron chi connectivity index (χ3n) is 3.52. The lowest BCUT2D eigenvalue weighted by Gasteiger charge is -2.27. The van der Waals surface area contributed by atoms with Crippen LogP contribution in [0.1, 0.15) is 25.7 Å². The number of anilines is 1. The van der Waals surface area contributed by atoms with Crippen molar-refractivity contribution >= 4 is 11.5 Å². The first-order valence-electron chi connectivity index (χ1n) is 6.28. The average molecular weight is 248 g/mol. The first-order chi connectivity index (χ1) is 8.84. The van der Waals surface area contributed by atoms with Gasteiger partial charge in [-0.05, 0) is 23.3 Å². The van der Waals surface area contributed by atoms with Gasteiger partial charge in [0.15, 0.2) is 5.65 Å².